The molecule has 0 aliphatic heterocycles. The minimum absolute atomic E-state index is 0.156. The maximum Gasteiger partial charge on any atom is 0.131 e. The summed E-state index contributed by atoms with van der Waals surface area (Å²) in [4.78, 5) is 38.5. The van der Waals surface area contributed by atoms with Gasteiger partial charge in [-0.2, -0.15) is 0 Å². The first kappa shape index (κ1) is 52.2. The highest BCUT2D eigenvalue weighted by Gasteiger charge is 2.23. The quantitative estimate of drug-likeness (QED) is 0.0601. The molecular weight excluding hydrogens is 889 g/mol. The molecule has 8 aromatic rings. The van der Waals surface area contributed by atoms with Gasteiger partial charge in [-0.15, -0.1) is 0 Å². The predicted molar refractivity (Wildman–Crippen MR) is 308 cm³/mol. The number of aromatic nitrogens is 4. The van der Waals surface area contributed by atoms with Gasteiger partial charge in [-0.1, -0.05) is 156 Å². The molecule has 8 rings (SSSR count). The lowest BCUT2D eigenvalue weighted by Crippen LogP contribution is -2.30. The van der Waals surface area contributed by atoms with Crippen molar-refractivity contribution in [1.82, 2.24) is 19.9 Å². The van der Waals surface area contributed by atoms with Gasteiger partial charge in [-0.05, 0) is 72.8 Å². The molecule has 4 aromatic carbocycles. The van der Waals surface area contributed by atoms with Crippen molar-refractivity contribution < 1.29 is 0 Å². The van der Waals surface area contributed by atoms with Gasteiger partial charge in [-0.25, -0.2) is 19.9 Å². The second-order valence-electron chi connectivity index (χ2n) is 22.0. The lowest BCUT2D eigenvalue weighted by Gasteiger charge is -2.24. The molecule has 4 aromatic heterocycles. The zero-order valence-electron chi connectivity index (χ0n) is 44.3. The van der Waals surface area contributed by atoms with E-state index in [0.29, 0.717) is 26.2 Å². The predicted octanol–water partition coefficient (Wildman–Crippen LogP) is 14.4. The second-order valence-corrected chi connectivity index (χ2v) is 22.0. The molecule has 0 unspecified atom stereocenters. The first-order valence-corrected chi connectivity index (χ1v) is 24.9. The lowest BCUT2D eigenvalue weighted by atomic mass is 9.94. The van der Waals surface area contributed by atoms with Crippen molar-refractivity contribution in [2.24, 2.45) is 41.6 Å². The number of fused-ring (bicyclic) bond motifs is 4. The lowest BCUT2D eigenvalue weighted by molar-refractivity contribution is 0.582. The Hall–Kier alpha value is -7.60. The minimum atomic E-state index is -0.156. The Morgan fingerprint density at radius 1 is 0.292 bits per heavy atom. The highest BCUT2D eigenvalue weighted by atomic mass is 15.1. The van der Waals surface area contributed by atoms with E-state index in [9.17, 15) is 0 Å². The molecule has 72 heavy (non-hydrogen) atoms. The zero-order valence-corrected chi connectivity index (χ0v) is 44.3. The van der Waals surface area contributed by atoms with Gasteiger partial charge in [0.15, 0.2) is 0 Å². The molecule has 0 fully saturated rings. The number of aliphatic imine (C=N–C) groups is 4. The van der Waals surface area contributed by atoms with E-state index >= 15 is 0 Å². The molecule has 12 heteroatoms. The number of nitrogens with zero attached hydrogens (tertiary/aromatic N) is 8. The van der Waals surface area contributed by atoms with E-state index in [-0.39, 0.29) is 21.7 Å². The molecule has 372 valence electrons. The van der Waals surface area contributed by atoms with Gasteiger partial charge in [0, 0.05) is 43.2 Å². The Morgan fingerprint density at radius 3 is 0.681 bits per heavy atom. The number of pyridine rings is 4. The van der Waals surface area contributed by atoms with Gasteiger partial charge in [0.25, 0.3) is 0 Å². The normalized spacial score (nSPS) is 13.3. The molecule has 0 saturated heterocycles. The number of hydrogen-bond donors (Lipinski definition) is 4. The number of benzene rings is 4. The summed E-state index contributed by atoms with van der Waals surface area (Å²) in [5.74, 6) is 6.75. The van der Waals surface area contributed by atoms with Crippen LogP contribution in [0.4, 0.5) is 23.3 Å². The topological polar surface area (TPSA) is 149 Å². The average Bonchev–Trinajstić information content (AvgIpc) is 3.33. The standard InChI is InChI=1S/2C30H36N6/c2*1-29(2,3)27(35-25-17-15-21-11-7-9-13-23(21)33-25)31-19-20-32-28(30(4,5)6)36-26-18-16-22-12-8-10-14-24(22)34-26/h2*7-18H,19-20H2,1-6H3,(H,31,33,35)(H,32,34,36). The van der Waals surface area contributed by atoms with E-state index in [1.807, 2.05) is 97.1 Å². The third-order valence-corrected chi connectivity index (χ3v) is 11.5. The maximum absolute atomic E-state index is 4.89. The summed E-state index contributed by atoms with van der Waals surface area (Å²) in [6.45, 7) is 28.1. The summed E-state index contributed by atoms with van der Waals surface area (Å²) in [7, 11) is 0. The van der Waals surface area contributed by atoms with Crippen molar-refractivity contribution in [3.05, 3.63) is 146 Å². The molecule has 0 aliphatic rings. The summed E-state index contributed by atoms with van der Waals surface area (Å²) in [6.07, 6.45) is 0. The van der Waals surface area contributed by atoms with Crippen molar-refractivity contribution in [1.29, 1.82) is 0 Å². The van der Waals surface area contributed by atoms with Gasteiger partial charge < -0.3 is 21.3 Å². The van der Waals surface area contributed by atoms with Crippen LogP contribution in [-0.2, 0) is 0 Å². The molecule has 0 saturated carbocycles. The first-order chi connectivity index (χ1) is 34.2. The third-order valence-electron chi connectivity index (χ3n) is 11.5. The van der Waals surface area contributed by atoms with Gasteiger partial charge >= 0.3 is 0 Å². The maximum atomic E-state index is 4.89. The van der Waals surface area contributed by atoms with E-state index in [1.165, 1.54) is 0 Å². The van der Waals surface area contributed by atoms with Gasteiger partial charge in [0.1, 0.15) is 46.6 Å². The highest BCUT2D eigenvalue weighted by molar-refractivity contribution is 6.02. The Morgan fingerprint density at radius 2 is 0.486 bits per heavy atom. The minimum Gasteiger partial charge on any atom is -0.328 e. The van der Waals surface area contributed by atoms with E-state index < -0.39 is 0 Å². The second kappa shape index (κ2) is 22.6. The average molecular weight is 961 g/mol. The number of para-hydroxylation sites is 4. The first-order valence-electron chi connectivity index (χ1n) is 24.9. The number of rotatable bonds is 10. The van der Waals surface area contributed by atoms with Crippen LogP contribution in [0.5, 0.6) is 0 Å². The molecule has 4 heterocycles. The smallest absolute Gasteiger partial charge is 0.131 e. The molecule has 12 nitrogen and oxygen atoms in total. The van der Waals surface area contributed by atoms with Crippen LogP contribution in [0.1, 0.15) is 83.1 Å². The fourth-order valence-electron chi connectivity index (χ4n) is 7.53. The van der Waals surface area contributed by atoms with Crippen molar-refractivity contribution in [2.75, 3.05) is 47.4 Å². The largest absolute Gasteiger partial charge is 0.328 e. The van der Waals surface area contributed by atoms with Crippen LogP contribution >= 0.6 is 0 Å². The molecule has 0 amide bonds. The van der Waals surface area contributed by atoms with Crippen molar-refractivity contribution in [2.45, 2.75) is 83.1 Å². The monoisotopic (exact) mass is 961 g/mol. The fourth-order valence-corrected chi connectivity index (χ4v) is 7.53. The molecule has 0 spiro atoms. The third kappa shape index (κ3) is 14.7. The number of anilines is 4. The molecular formula is C60H72N12. The van der Waals surface area contributed by atoms with Crippen LogP contribution in [0.3, 0.4) is 0 Å². The van der Waals surface area contributed by atoms with E-state index in [1.54, 1.807) is 0 Å². The number of nitrogens with one attached hydrogen (secondary N) is 4. The summed E-state index contributed by atoms with van der Waals surface area (Å²) < 4.78 is 0. The fraction of sp³-hybridized carbons (Fsp3) is 0.333. The van der Waals surface area contributed by atoms with Crippen LogP contribution in [0.15, 0.2) is 166 Å². The van der Waals surface area contributed by atoms with Crippen LogP contribution in [0, 0.1) is 21.7 Å². The summed E-state index contributed by atoms with van der Waals surface area (Å²) in [5, 5.41) is 18.3. The number of amidine groups is 4. The van der Waals surface area contributed by atoms with Gasteiger partial charge in [0.05, 0.1) is 48.2 Å². The van der Waals surface area contributed by atoms with Crippen molar-refractivity contribution in [3.63, 3.8) is 0 Å². The molecule has 0 atom stereocenters. The van der Waals surface area contributed by atoms with Gasteiger partial charge in [-0.3, -0.25) is 20.0 Å². The molecule has 0 radical (unpaired) electrons. The van der Waals surface area contributed by atoms with Crippen LogP contribution in [0.25, 0.3) is 43.6 Å². The van der Waals surface area contributed by atoms with Crippen LogP contribution in [-0.4, -0.2) is 69.5 Å². The van der Waals surface area contributed by atoms with E-state index in [2.05, 4.69) is 153 Å². The Balaban J connectivity index is 0.000000211. The van der Waals surface area contributed by atoms with Gasteiger partial charge in [0.2, 0.25) is 0 Å². The zero-order chi connectivity index (χ0) is 51.5. The van der Waals surface area contributed by atoms with Crippen LogP contribution < -0.4 is 21.3 Å². The van der Waals surface area contributed by atoms with E-state index in [4.69, 9.17) is 39.9 Å². The molecule has 0 aliphatic carbocycles. The number of hydrogen-bond acceptors (Lipinski definition) is 8. The van der Waals surface area contributed by atoms with Crippen LogP contribution in [0.2, 0.25) is 0 Å². The summed E-state index contributed by atoms with van der Waals surface area (Å²) in [5.41, 5.74) is 3.22. The highest BCUT2D eigenvalue weighted by Crippen LogP contribution is 2.25. The Labute approximate surface area is 426 Å². The Kier molecular flexibility index (Phi) is 16.4. The van der Waals surface area contributed by atoms with Crippen molar-refractivity contribution in [3.8, 4) is 0 Å². The summed E-state index contributed by atoms with van der Waals surface area (Å²) in [6, 6.07) is 48.8. The summed E-state index contributed by atoms with van der Waals surface area (Å²) >= 11 is 0. The van der Waals surface area contributed by atoms with E-state index in [0.717, 1.165) is 90.2 Å². The SMILES string of the molecule is CC(C)(C)C(=NCCN=C(Nc1ccc2ccccc2n1)C(C)(C)C)Nc1ccc2ccccc2n1.CC(C)(C)C(=NCCN=C(Nc1ccc2ccccc2n1)C(C)(C)C)Nc1ccc2ccccc2n1. The Bertz CT molecular complexity index is 2810. The van der Waals surface area contributed by atoms with Crippen molar-refractivity contribution >= 4 is 90.2 Å². The molecule has 4 N–H and O–H groups in total. The molecule has 0 bridgehead atoms.